The Labute approximate surface area is 124 Å². The lowest BCUT2D eigenvalue weighted by atomic mass is 10.1. The molecular weight excluding hydrogens is 269 g/mol. The van der Waals surface area contributed by atoms with Gasteiger partial charge in [0.25, 0.3) is 0 Å². The van der Waals surface area contributed by atoms with E-state index in [0.717, 1.165) is 23.4 Å². The Balaban J connectivity index is 2.08. The van der Waals surface area contributed by atoms with Crippen molar-refractivity contribution in [2.45, 2.75) is 20.0 Å². The molecule has 0 spiro atoms. The third-order valence-corrected chi connectivity index (χ3v) is 3.13. The fraction of sp³-hybridized carbons (Fsp3) is 0.294. The molecule has 1 aromatic heterocycles. The van der Waals surface area contributed by atoms with Crippen LogP contribution in [0, 0.1) is 24.6 Å². The maximum Gasteiger partial charge on any atom is 0.124 e. The van der Waals surface area contributed by atoms with Crippen LogP contribution in [-0.4, -0.2) is 23.7 Å². The van der Waals surface area contributed by atoms with E-state index >= 15 is 0 Å². The Morgan fingerprint density at radius 2 is 2.10 bits per heavy atom. The molecule has 1 aromatic carbocycles. The largest absolute Gasteiger partial charge is 0.469 e. The molecule has 3 nitrogen and oxygen atoms in total. The average molecular weight is 287 g/mol. The number of aliphatic hydroxyl groups is 1. The number of aliphatic hydroxyl groups excluding tert-OH is 1. The monoisotopic (exact) mass is 287 g/mol. The summed E-state index contributed by atoms with van der Waals surface area (Å²) in [5.74, 6) is 5.84. The van der Waals surface area contributed by atoms with Crippen LogP contribution in [0.15, 0.2) is 34.9 Å². The summed E-state index contributed by atoms with van der Waals surface area (Å²) >= 11 is 0. The van der Waals surface area contributed by atoms with Crippen LogP contribution in [0.4, 0.5) is 4.39 Å². The van der Waals surface area contributed by atoms with Crippen molar-refractivity contribution in [2.75, 3.05) is 13.7 Å². The molecule has 2 rings (SSSR count). The van der Waals surface area contributed by atoms with Crippen molar-refractivity contribution in [2.24, 2.45) is 0 Å². The zero-order chi connectivity index (χ0) is 15.2. The first-order valence-electron chi connectivity index (χ1n) is 6.69. The molecule has 1 heterocycles. The number of rotatable bonds is 4. The van der Waals surface area contributed by atoms with Gasteiger partial charge in [-0.1, -0.05) is 11.8 Å². The SMILES string of the molecule is Cc1occc1CN(C)Cc1cc(F)cc(C#CCO)c1. The van der Waals surface area contributed by atoms with Crippen molar-refractivity contribution in [1.29, 1.82) is 0 Å². The zero-order valence-corrected chi connectivity index (χ0v) is 12.2. The zero-order valence-electron chi connectivity index (χ0n) is 12.2. The molecule has 0 aliphatic heterocycles. The highest BCUT2D eigenvalue weighted by molar-refractivity contribution is 5.37. The van der Waals surface area contributed by atoms with E-state index in [2.05, 4.69) is 16.7 Å². The maximum absolute atomic E-state index is 13.6. The molecule has 110 valence electrons. The number of nitrogens with zero attached hydrogens (tertiary/aromatic N) is 1. The van der Waals surface area contributed by atoms with Gasteiger partial charge in [0.05, 0.1) is 6.26 Å². The van der Waals surface area contributed by atoms with Gasteiger partial charge in [-0.3, -0.25) is 4.90 Å². The van der Waals surface area contributed by atoms with E-state index in [1.807, 2.05) is 26.1 Å². The molecule has 0 atom stereocenters. The second-order valence-corrected chi connectivity index (χ2v) is 4.98. The summed E-state index contributed by atoms with van der Waals surface area (Å²) in [5, 5.41) is 8.70. The van der Waals surface area contributed by atoms with Crippen LogP contribution in [0.3, 0.4) is 0 Å². The molecule has 0 unspecified atom stereocenters. The molecule has 21 heavy (non-hydrogen) atoms. The molecule has 4 heteroatoms. The summed E-state index contributed by atoms with van der Waals surface area (Å²) in [7, 11) is 1.97. The molecule has 0 saturated carbocycles. The average Bonchev–Trinajstić information content (AvgIpc) is 2.81. The van der Waals surface area contributed by atoms with Crippen molar-refractivity contribution in [3.8, 4) is 11.8 Å². The predicted molar refractivity (Wildman–Crippen MR) is 79.0 cm³/mol. The third-order valence-electron chi connectivity index (χ3n) is 3.13. The lowest BCUT2D eigenvalue weighted by Crippen LogP contribution is -2.17. The first-order valence-corrected chi connectivity index (χ1v) is 6.69. The number of benzene rings is 1. The number of hydrogen-bond acceptors (Lipinski definition) is 3. The van der Waals surface area contributed by atoms with Crippen molar-refractivity contribution in [1.82, 2.24) is 4.90 Å². The first kappa shape index (κ1) is 15.3. The summed E-state index contributed by atoms with van der Waals surface area (Å²) in [4.78, 5) is 2.08. The minimum absolute atomic E-state index is 0.231. The molecular formula is C17H18FNO2. The van der Waals surface area contributed by atoms with Gasteiger partial charge in [0.1, 0.15) is 18.2 Å². The molecule has 0 aliphatic rings. The quantitative estimate of drug-likeness (QED) is 0.878. The fourth-order valence-electron chi connectivity index (χ4n) is 2.19. The summed E-state index contributed by atoms with van der Waals surface area (Å²) < 4.78 is 18.9. The minimum atomic E-state index is -0.317. The third kappa shape index (κ3) is 4.45. The van der Waals surface area contributed by atoms with Gasteiger partial charge in [-0.05, 0) is 43.8 Å². The molecule has 1 N–H and O–H groups in total. The lowest BCUT2D eigenvalue weighted by molar-refractivity contribution is 0.316. The van der Waals surface area contributed by atoms with Crippen LogP contribution in [0.25, 0.3) is 0 Å². The summed E-state index contributed by atoms with van der Waals surface area (Å²) in [6.07, 6.45) is 1.67. The second kappa shape index (κ2) is 7.07. The van der Waals surface area contributed by atoms with Gasteiger partial charge in [0.15, 0.2) is 0 Å². The van der Waals surface area contributed by atoms with E-state index in [1.54, 1.807) is 6.26 Å². The Morgan fingerprint density at radius 1 is 1.29 bits per heavy atom. The van der Waals surface area contributed by atoms with Gasteiger partial charge in [-0.15, -0.1) is 0 Å². The minimum Gasteiger partial charge on any atom is -0.469 e. The van der Waals surface area contributed by atoms with Gasteiger partial charge in [-0.25, -0.2) is 4.39 Å². The Hall–Kier alpha value is -2.09. The number of hydrogen-bond donors (Lipinski definition) is 1. The van der Waals surface area contributed by atoms with Gasteiger partial charge in [-0.2, -0.15) is 0 Å². The molecule has 0 radical (unpaired) electrons. The number of halogens is 1. The summed E-state index contributed by atoms with van der Waals surface area (Å²) in [6, 6.07) is 6.65. The van der Waals surface area contributed by atoms with E-state index in [1.165, 1.54) is 12.1 Å². The second-order valence-electron chi connectivity index (χ2n) is 4.98. The van der Waals surface area contributed by atoms with Crippen LogP contribution in [0.2, 0.25) is 0 Å². The van der Waals surface area contributed by atoms with E-state index in [0.29, 0.717) is 12.1 Å². The van der Waals surface area contributed by atoms with E-state index in [9.17, 15) is 4.39 Å². The number of aryl methyl sites for hydroxylation is 1. The molecule has 0 aliphatic carbocycles. The Morgan fingerprint density at radius 3 is 2.76 bits per heavy atom. The maximum atomic E-state index is 13.6. The van der Waals surface area contributed by atoms with Crippen LogP contribution in [-0.2, 0) is 13.1 Å². The van der Waals surface area contributed by atoms with E-state index in [-0.39, 0.29) is 12.4 Å². The molecule has 0 amide bonds. The van der Waals surface area contributed by atoms with Crippen LogP contribution in [0.1, 0.15) is 22.5 Å². The summed E-state index contributed by atoms with van der Waals surface area (Å²) in [6.45, 7) is 3.03. The topological polar surface area (TPSA) is 36.6 Å². The van der Waals surface area contributed by atoms with Crippen LogP contribution in [0.5, 0.6) is 0 Å². The van der Waals surface area contributed by atoms with Crippen molar-refractivity contribution >= 4 is 0 Å². The van der Waals surface area contributed by atoms with Gasteiger partial charge < -0.3 is 9.52 Å². The standard InChI is InChI=1S/C17H18FNO2/c1-13-16(5-7-21-13)12-19(2)11-15-8-14(4-3-6-20)9-17(18)10-15/h5,7-10,20H,6,11-12H2,1-2H3. The van der Waals surface area contributed by atoms with Crippen LogP contribution < -0.4 is 0 Å². The van der Waals surface area contributed by atoms with Crippen LogP contribution >= 0.6 is 0 Å². The highest BCUT2D eigenvalue weighted by atomic mass is 19.1. The number of furan rings is 1. The predicted octanol–water partition coefficient (Wildman–Crippen LogP) is 2.70. The lowest BCUT2D eigenvalue weighted by Gasteiger charge is -2.16. The van der Waals surface area contributed by atoms with Gasteiger partial charge in [0.2, 0.25) is 0 Å². The molecule has 0 bridgehead atoms. The van der Waals surface area contributed by atoms with Crippen molar-refractivity contribution in [3.63, 3.8) is 0 Å². The molecule has 0 fully saturated rings. The Bertz CT molecular complexity index is 667. The van der Waals surface area contributed by atoms with Crippen molar-refractivity contribution in [3.05, 3.63) is 58.8 Å². The fourth-order valence-corrected chi connectivity index (χ4v) is 2.19. The highest BCUT2D eigenvalue weighted by Gasteiger charge is 2.07. The first-order chi connectivity index (χ1) is 10.1. The Kier molecular flexibility index (Phi) is 5.15. The summed E-state index contributed by atoms with van der Waals surface area (Å²) in [5.41, 5.74) is 2.54. The van der Waals surface area contributed by atoms with Gasteiger partial charge in [0, 0.05) is 24.2 Å². The molecule has 2 aromatic rings. The van der Waals surface area contributed by atoms with E-state index in [4.69, 9.17) is 9.52 Å². The van der Waals surface area contributed by atoms with Gasteiger partial charge >= 0.3 is 0 Å². The van der Waals surface area contributed by atoms with E-state index < -0.39 is 0 Å². The molecule has 0 saturated heterocycles. The smallest absolute Gasteiger partial charge is 0.124 e. The highest BCUT2D eigenvalue weighted by Crippen LogP contribution is 2.15. The normalized spacial score (nSPS) is 10.5. The van der Waals surface area contributed by atoms with Crippen molar-refractivity contribution < 1.29 is 13.9 Å².